The van der Waals surface area contributed by atoms with Crippen molar-refractivity contribution in [3.63, 3.8) is 0 Å². The van der Waals surface area contributed by atoms with Gasteiger partial charge in [0.05, 0.1) is 5.69 Å². The maximum absolute atomic E-state index is 13.6. The third-order valence-corrected chi connectivity index (χ3v) is 9.19. The lowest BCUT2D eigenvalue weighted by Gasteiger charge is -2.38. The van der Waals surface area contributed by atoms with Crippen molar-refractivity contribution < 1.29 is 14.3 Å². The van der Waals surface area contributed by atoms with E-state index >= 15 is 0 Å². The first-order valence-electron chi connectivity index (χ1n) is 15.4. The van der Waals surface area contributed by atoms with E-state index in [-0.39, 0.29) is 42.8 Å². The van der Waals surface area contributed by atoms with Crippen molar-refractivity contribution in [3.8, 4) is 11.5 Å². The van der Waals surface area contributed by atoms with Gasteiger partial charge in [-0.1, -0.05) is 56.7 Å². The highest BCUT2D eigenvalue weighted by Gasteiger charge is 2.33. The van der Waals surface area contributed by atoms with Crippen LogP contribution < -0.4 is 10.5 Å². The van der Waals surface area contributed by atoms with E-state index in [2.05, 4.69) is 0 Å². The molecule has 2 amide bonds. The van der Waals surface area contributed by atoms with Gasteiger partial charge in [-0.05, 0) is 56.0 Å². The smallest absolute Gasteiger partial charge is 0.224 e. The van der Waals surface area contributed by atoms with Crippen LogP contribution in [0.5, 0.6) is 11.5 Å². The van der Waals surface area contributed by atoms with Crippen LogP contribution in [0.25, 0.3) is 0 Å². The van der Waals surface area contributed by atoms with E-state index in [1.54, 1.807) is 0 Å². The molecule has 1 heterocycles. The monoisotopic (exact) mass is 559 g/mol. The van der Waals surface area contributed by atoms with Crippen LogP contribution in [-0.4, -0.2) is 64.7 Å². The molecule has 220 valence electrons. The molecule has 8 nitrogen and oxygen atoms in total. The maximum atomic E-state index is 13.6. The van der Waals surface area contributed by atoms with Crippen LogP contribution >= 0.6 is 0 Å². The maximum Gasteiger partial charge on any atom is 0.224 e. The van der Waals surface area contributed by atoms with Crippen molar-refractivity contribution in [2.45, 2.75) is 102 Å². The first-order valence-corrected chi connectivity index (χ1v) is 15.4. The number of carbonyl (C=O) groups excluding carboxylic acids is 2. The van der Waals surface area contributed by atoms with Gasteiger partial charge in [-0.25, -0.2) is 4.99 Å². The Balaban J connectivity index is 1.35. The van der Waals surface area contributed by atoms with E-state index in [1.807, 2.05) is 77.3 Å². The summed E-state index contributed by atoms with van der Waals surface area (Å²) in [6, 6.07) is 15.6. The van der Waals surface area contributed by atoms with E-state index in [9.17, 15) is 9.59 Å². The summed E-state index contributed by atoms with van der Waals surface area (Å²) in [7, 11) is 3.84. The number of nitrogens with zero attached hydrogens (tertiary/aromatic N) is 4. The molecule has 0 saturated heterocycles. The number of aliphatic imine (C=N–C) groups is 1. The molecule has 2 aromatic carbocycles. The molecular formula is C33H45N5O3. The lowest BCUT2D eigenvalue weighted by molar-refractivity contribution is -0.136. The quantitative estimate of drug-likeness (QED) is 0.409. The van der Waals surface area contributed by atoms with Crippen LogP contribution in [0.3, 0.4) is 0 Å². The number of nitrogens with two attached hydrogens (primary N) is 1. The Morgan fingerprint density at radius 3 is 1.98 bits per heavy atom. The van der Waals surface area contributed by atoms with Gasteiger partial charge in [0, 0.05) is 57.2 Å². The molecule has 5 rings (SSSR count). The summed E-state index contributed by atoms with van der Waals surface area (Å²) in [6.45, 7) is 0.460. The third-order valence-electron chi connectivity index (χ3n) is 9.19. The SMILES string of the molecule is CN(C(=O)CC(CC(=O)N(C)C1CCCCC1)N1Cc2cc(Oc3ccccc3)ccc2N=C1N)C1CCCCC1. The Hall–Kier alpha value is -3.55. The van der Waals surface area contributed by atoms with Crippen LogP contribution in [0.4, 0.5) is 5.69 Å². The second-order valence-corrected chi connectivity index (χ2v) is 12.0. The van der Waals surface area contributed by atoms with Crippen LogP contribution in [0.1, 0.15) is 82.6 Å². The predicted molar refractivity (Wildman–Crippen MR) is 162 cm³/mol. The molecule has 8 heteroatoms. The highest BCUT2D eigenvalue weighted by atomic mass is 16.5. The number of rotatable bonds is 9. The summed E-state index contributed by atoms with van der Waals surface area (Å²) in [4.78, 5) is 37.7. The average Bonchev–Trinajstić information content (AvgIpc) is 3.01. The number of guanidine groups is 1. The number of hydrogen-bond acceptors (Lipinski definition) is 6. The lowest BCUT2D eigenvalue weighted by Crippen LogP contribution is -2.51. The van der Waals surface area contributed by atoms with Gasteiger partial charge < -0.3 is 25.2 Å². The standard InChI is InChI=1S/C33H45N5O3/c1-36(25-12-6-3-7-13-25)31(39)21-27(22-32(40)37(2)26-14-8-4-9-15-26)38-23-24-20-29(18-19-30(24)35-33(38)34)41-28-16-10-5-11-17-28/h5,10-11,16-20,25-27H,3-4,6-9,12-15,21-23H2,1-2H3,(H2,34,35). The topological polar surface area (TPSA) is 91.5 Å². The summed E-state index contributed by atoms with van der Waals surface area (Å²) < 4.78 is 6.07. The van der Waals surface area contributed by atoms with E-state index in [1.165, 1.54) is 12.8 Å². The highest BCUT2D eigenvalue weighted by molar-refractivity contribution is 5.87. The van der Waals surface area contributed by atoms with Crippen molar-refractivity contribution in [1.82, 2.24) is 14.7 Å². The first-order chi connectivity index (χ1) is 19.9. The number of amides is 2. The van der Waals surface area contributed by atoms with Gasteiger partial charge in [0.2, 0.25) is 11.8 Å². The summed E-state index contributed by atoms with van der Waals surface area (Å²) in [6.07, 6.45) is 11.7. The predicted octanol–water partition coefficient (Wildman–Crippen LogP) is 5.97. The molecule has 3 aliphatic rings. The lowest BCUT2D eigenvalue weighted by atomic mass is 9.93. The number of para-hydroxylation sites is 1. The fourth-order valence-corrected chi connectivity index (χ4v) is 6.58. The third kappa shape index (κ3) is 7.21. The molecule has 0 spiro atoms. The fraction of sp³-hybridized carbons (Fsp3) is 0.545. The van der Waals surface area contributed by atoms with Crippen LogP contribution in [0.15, 0.2) is 53.5 Å². The molecule has 0 atom stereocenters. The normalized spacial score (nSPS) is 18.0. The first kappa shape index (κ1) is 29.0. The summed E-state index contributed by atoms with van der Waals surface area (Å²) in [5.74, 6) is 1.95. The van der Waals surface area contributed by atoms with Crippen molar-refractivity contribution in [2.75, 3.05) is 14.1 Å². The van der Waals surface area contributed by atoms with Gasteiger partial charge in [0.1, 0.15) is 11.5 Å². The van der Waals surface area contributed by atoms with Gasteiger partial charge in [0.15, 0.2) is 5.96 Å². The minimum Gasteiger partial charge on any atom is -0.457 e. The zero-order chi connectivity index (χ0) is 28.8. The molecule has 0 aromatic heterocycles. The van der Waals surface area contributed by atoms with E-state index < -0.39 is 0 Å². The number of benzene rings is 2. The van der Waals surface area contributed by atoms with Crippen molar-refractivity contribution in [3.05, 3.63) is 54.1 Å². The number of ether oxygens (including phenoxy) is 1. The number of carbonyl (C=O) groups is 2. The molecule has 2 aromatic rings. The molecule has 0 radical (unpaired) electrons. The molecular weight excluding hydrogens is 514 g/mol. The molecule has 2 saturated carbocycles. The van der Waals surface area contributed by atoms with Gasteiger partial charge in [-0.3, -0.25) is 9.59 Å². The minimum atomic E-state index is -0.386. The summed E-state index contributed by atoms with van der Waals surface area (Å²) in [5.41, 5.74) is 8.28. The Morgan fingerprint density at radius 2 is 1.41 bits per heavy atom. The van der Waals surface area contributed by atoms with Crippen molar-refractivity contribution >= 4 is 23.5 Å². The van der Waals surface area contributed by atoms with Crippen molar-refractivity contribution in [1.29, 1.82) is 0 Å². The summed E-state index contributed by atoms with van der Waals surface area (Å²) >= 11 is 0. The zero-order valence-electron chi connectivity index (χ0n) is 24.6. The van der Waals surface area contributed by atoms with Gasteiger partial charge >= 0.3 is 0 Å². The van der Waals surface area contributed by atoms with Crippen LogP contribution in [-0.2, 0) is 16.1 Å². The van der Waals surface area contributed by atoms with Gasteiger partial charge in [0.25, 0.3) is 0 Å². The van der Waals surface area contributed by atoms with E-state index in [0.717, 1.165) is 68.4 Å². The second-order valence-electron chi connectivity index (χ2n) is 12.0. The summed E-state index contributed by atoms with van der Waals surface area (Å²) in [5, 5.41) is 0. The molecule has 1 aliphatic heterocycles. The Morgan fingerprint density at radius 1 is 0.854 bits per heavy atom. The molecule has 2 aliphatic carbocycles. The molecule has 2 N–H and O–H groups in total. The highest BCUT2D eigenvalue weighted by Crippen LogP contribution is 2.33. The van der Waals surface area contributed by atoms with Crippen LogP contribution in [0.2, 0.25) is 0 Å². The van der Waals surface area contributed by atoms with Gasteiger partial charge in [-0.2, -0.15) is 0 Å². The van der Waals surface area contributed by atoms with Crippen molar-refractivity contribution in [2.24, 2.45) is 10.7 Å². The second kappa shape index (κ2) is 13.4. The Kier molecular flexibility index (Phi) is 9.47. The fourth-order valence-electron chi connectivity index (χ4n) is 6.58. The van der Waals surface area contributed by atoms with Crippen LogP contribution in [0, 0.1) is 0 Å². The zero-order valence-corrected chi connectivity index (χ0v) is 24.6. The van der Waals surface area contributed by atoms with E-state index in [0.29, 0.717) is 18.3 Å². The molecule has 41 heavy (non-hydrogen) atoms. The molecule has 0 unspecified atom stereocenters. The Bertz CT molecular complexity index is 1180. The minimum absolute atomic E-state index is 0.0646. The van der Waals surface area contributed by atoms with E-state index in [4.69, 9.17) is 15.5 Å². The Labute approximate surface area is 244 Å². The average molecular weight is 560 g/mol. The molecule has 0 bridgehead atoms. The largest absolute Gasteiger partial charge is 0.457 e. The number of fused-ring (bicyclic) bond motifs is 1. The van der Waals surface area contributed by atoms with Gasteiger partial charge in [-0.15, -0.1) is 0 Å². The number of hydrogen-bond donors (Lipinski definition) is 1. The molecule has 2 fully saturated rings.